The van der Waals surface area contributed by atoms with Crippen LogP contribution in [-0.2, 0) is 14.8 Å². The minimum atomic E-state index is -3.84. The molecule has 0 radical (unpaired) electrons. The highest BCUT2D eigenvalue weighted by Crippen LogP contribution is 2.27. The van der Waals surface area contributed by atoms with Crippen LogP contribution in [-0.4, -0.2) is 14.3 Å². The van der Waals surface area contributed by atoms with Crippen molar-refractivity contribution in [2.24, 2.45) is 5.92 Å². The molecule has 2 aromatic carbocycles. The van der Waals surface area contributed by atoms with E-state index in [1.807, 2.05) is 13.8 Å². The zero-order valence-electron chi connectivity index (χ0n) is 15.0. The van der Waals surface area contributed by atoms with E-state index in [1.54, 1.807) is 43.3 Å². The van der Waals surface area contributed by atoms with Crippen LogP contribution in [0.2, 0.25) is 5.02 Å². The van der Waals surface area contributed by atoms with E-state index in [4.69, 9.17) is 11.6 Å². The van der Waals surface area contributed by atoms with E-state index in [0.29, 0.717) is 34.3 Å². The number of anilines is 2. The Kier molecular flexibility index (Phi) is 6.67. The van der Waals surface area contributed by atoms with Gasteiger partial charge >= 0.3 is 0 Å². The average molecular weight is 395 g/mol. The quantitative estimate of drug-likeness (QED) is 0.706. The molecule has 0 bridgehead atoms. The van der Waals surface area contributed by atoms with E-state index >= 15 is 0 Å². The summed E-state index contributed by atoms with van der Waals surface area (Å²) in [5.41, 5.74) is 1.33. The number of sulfonamides is 1. The fraction of sp³-hybridized carbons (Fsp3) is 0.316. The highest BCUT2D eigenvalue weighted by atomic mass is 35.5. The maximum Gasteiger partial charge on any atom is 0.262 e. The highest BCUT2D eigenvalue weighted by molar-refractivity contribution is 7.92. The summed E-state index contributed by atoms with van der Waals surface area (Å²) >= 11 is 6.03. The van der Waals surface area contributed by atoms with Crippen LogP contribution in [0.15, 0.2) is 47.4 Å². The number of para-hydroxylation sites is 1. The molecule has 0 aliphatic rings. The van der Waals surface area contributed by atoms with Gasteiger partial charge in [0.25, 0.3) is 10.0 Å². The summed E-state index contributed by atoms with van der Waals surface area (Å²) in [4.78, 5) is 12.1. The van der Waals surface area contributed by atoms with Gasteiger partial charge in [0.2, 0.25) is 5.91 Å². The van der Waals surface area contributed by atoms with Crippen LogP contribution < -0.4 is 10.0 Å². The van der Waals surface area contributed by atoms with Crippen molar-refractivity contribution >= 4 is 38.9 Å². The molecule has 0 fully saturated rings. The minimum Gasteiger partial charge on any atom is -0.326 e. The van der Waals surface area contributed by atoms with Gasteiger partial charge in [0.15, 0.2) is 0 Å². The molecule has 0 spiro atoms. The molecule has 0 atom stereocenters. The van der Waals surface area contributed by atoms with E-state index in [9.17, 15) is 13.2 Å². The lowest BCUT2D eigenvalue weighted by Crippen LogP contribution is -2.16. The number of rotatable bonds is 7. The Balaban J connectivity index is 2.23. The number of amides is 1. The molecule has 140 valence electrons. The second kappa shape index (κ2) is 8.56. The summed E-state index contributed by atoms with van der Waals surface area (Å²) in [6, 6.07) is 11.4. The Morgan fingerprint density at radius 1 is 1.15 bits per heavy atom. The first-order chi connectivity index (χ1) is 12.2. The maximum atomic E-state index is 12.7. The lowest BCUT2D eigenvalue weighted by atomic mass is 10.1. The number of aryl methyl sites for hydroxylation is 1. The van der Waals surface area contributed by atoms with Crippen molar-refractivity contribution in [2.75, 3.05) is 10.0 Å². The first-order valence-corrected chi connectivity index (χ1v) is 10.2. The van der Waals surface area contributed by atoms with Crippen molar-refractivity contribution in [1.29, 1.82) is 0 Å². The lowest BCUT2D eigenvalue weighted by molar-refractivity contribution is -0.116. The van der Waals surface area contributed by atoms with Crippen LogP contribution >= 0.6 is 11.6 Å². The summed E-state index contributed by atoms with van der Waals surface area (Å²) in [5.74, 6) is 0.291. The van der Waals surface area contributed by atoms with Gasteiger partial charge in [-0.1, -0.05) is 43.6 Å². The summed E-state index contributed by atoms with van der Waals surface area (Å²) < 4.78 is 28.0. The molecule has 26 heavy (non-hydrogen) atoms. The first kappa shape index (κ1) is 20.3. The predicted octanol–water partition coefficient (Wildman–Crippen LogP) is 4.82. The number of halogens is 1. The van der Waals surface area contributed by atoms with E-state index in [2.05, 4.69) is 10.0 Å². The number of benzene rings is 2. The van der Waals surface area contributed by atoms with Crippen molar-refractivity contribution in [2.45, 2.75) is 38.5 Å². The average Bonchev–Trinajstić information content (AvgIpc) is 2.56. The largest absolute Gasteiger partial charge is 0.326 e. The molecule has 1 amide bonds. The van der Waals surface area contributed by atoms with Gasteiger partial charge in [-0.05, 0) is 49.1 Å². The van der Waals surface area contributed by atoms with Crippen LogP contribution in [0, 0.1) is 12.8 Å². The smallest absolute Gasteiger partial charge is 0.262 e. The van der Waals surface area contributed by atoms with Crippen molar-refractivity contribution in [3.05, 3.63) is 53.1 Å². The molecule has 0 unspecified atom stereocenters. The third-order valence-corrected chi connectivity index (χ3v) is 5.67. The number of carbonyl (C=O) groups excluding carboxylic acids is 1. The normalized spacial score (nSPS) is 11.4. The van der Waals surface area contributed by atoms with E-state index < -0.39 is 10.0 Å². The summed E-state index contributed by atoms with van der Waals surface area (Å²) in [7, 11) is -3.84. The second-order valence-electron chi connectivity index (χ2n) is 6.55. The predicted molar refractivity (Wildman–Crippen MR) is 106 cm³/mol. The van der Waals surface area contributed by atoms with Gasteiger partial charge in [0.1, 0.15) is 0 Å². The number of carbonyl (C=O) groups is 1. The Morgan fingerprint density at radius 3 is 2.50 bits per heavy atom. The lowest BCUT2D eigenvalue weighted by Gasteiger charge is -2.13. The molecular weight excluding hydrogens is 372 g/mol. The maximum absolute atomic E-state index is 12.7. The van der Waals surface area contributed by atoms with Crippen molar-refractivity contribution in [1.82, 2.24) is 0 Å². The van der Waals surface area contributed by atoms with Gasteiger partial charge in [-0.15, -0.1) is 0 Å². The third-order valence-electron chi connectivity index (χ3n) is 3.83. The Morgan fingerprint density at radius 2 is 1.85 bits per heavy atom. The Bertz CT molecular complexity index is 895. The summed E-state index contributed by atoms with van der Waals surface area (Å²) in [6.07, 6.45) is 1.17. The van der Waals surface area contributed by atoms with E-state index in [1.165, 1.54) is 6.07 Å². The van der Waals surface area contributed by atoms with Gasteiger partial charge in [-0.25, -0.2) is 8.42 Å². The Hall–Kier alpha value is -2.05. The number of nitrogens with one attached hydrogen (secondary N) is 2. The van der Waals surface area contributed by atoms with E-state index in [-0.39, 0.29) is 10.8 Å². The molecule has 2 rings (SSSR count). The summed E-state index contributed by atoms with van der Waals surface area (Å²) in [5, 5.41) is 3.07. The van der Waals surface area contributed by atoms with Crippen LogP contribution in [0.1, 0.15) is 32.3 Å². The molecule has 7 heteroatoms. The van der Waals surface area contributed by atoms with Gasteiger partial charge in [-0.2, -0.15) is 0 Å². The molecule has 5 nitrogen and oxygen atoms in total. The van der Waals surface area contributed by atoms with Crippen LogP contribution in [0.3, 0.4) is 0 Å². The number of hydrogen-bond acceptors (Lipinski definition) is 3. The topological polar surface area (TPSA) is 75.3 Å². The summed E-state index contributed by atoms with van der Waals surface area (Å²) in [6.45, 7) is 5.79. The molecule has 0 saturated heterocycles. The molecule has 2 aromatic rings. The number of hydrogen-bond donors (Lipinski definition) is 2. The van der Waals surface area contributed by atoms with Gasteiger partial charge < -0.3 is 5.32 Å². The van der Waals surface area contributed by atoms with Crippen molar-refractivity contribution < 1.29 is 13.2 Å². The monoisotopic (exact) mass is 394 g/mol. The molecule has 0 saturated carbocycles. The molecule has 0 aromatic heterocycles. The Labute approximate surface area is 159 Å². The third kappa shape index (κ3) is 5.47. The standard InChI is InChI=1S/C19H23ClN2O3S/c1-13(2)8-11-19(23)21-15-10-9-14(3)18(12-15)26(24,25)22-17-7-5-4-6-16(17)20/h4-7,9-10,12-13,22H,8,11H2,1-3H3,(H,21,23). The van der Waals surface area contributed by atoms with Crippen molar-refractivity contribution in [3.63, 3.8) is 0 Å². The molecule has 2 N–H and O–H groups in total. The van der Waals surface area contributed by atoms with Gasteiger partial charge in [0.05, 0.1) is 15.6 Å². The van der Waals surface area contributed by atoms with Crippen LogP contribution in [0.25, 0.3) is 0 Å². The van der Waals surface area contributed by atoms with Crippen molar-refractivity contribution in [3.8, 4) is 0 Å². The SMILES string of the molecule is Cc1ccc(NC(=O)CCC(C)C)cc1S(=O)(=O)Nc1ccccc1Cl. The van der Waals surface area contributed by atoms with Gasteiger partial charge in [0, 0.05) is 12.1 Å². The second-order valence-corrected chi connectivity index (χ2v) is 8.60. The molecule has 0 heterocycles. The highest BCUT2D eigenvalue weighted by Gasteiger charge is 2.19. The zero-order valence-corrected chi connectivity index (χ0v) is 16.6. The molecule has 0 aliphatic heterocycles. The fourth-order valence-corrected chi connectivity index (χ4v) is 3.94. The molecule has 0 aliphatic carbocycles. The first-order valence-electron chi connectivity index (χ1n) is 8.37. The van der Waals surface area contributed by atoms with Gasteiger partial charge in [-0.3, -0.25) is 9.52 Å². The van der Waals surface area contributed by atoms with Crippen LogP contribution in [0.5, 0.6) is 0 Å². The minimum absolute atomic E-state index is 0.0964. The van der Waals surface area contributed by atoms with E-state index in [0.717, 1.165) is 6.42 Å². The van der Waals surface area contributed by atoms with Crippen LogP contribution in [0.4, 0.5) is 11.4 Å². The fourth-order valence-electron chi connectivity index (χ4n) is 2.35. The zero-order chi connectivity index (χ0) is 19.3. The molecular formula is C19H23ClN2O3S.